The first kappa shape index (κ1) is 20.3. The zero-order chi connectivity index (χ0) is 20.9. The lowest BCUT2D eigenvalue weighted by Crippen LogP contribution is -2.03. The van der Waals surface area contributed by atoms with Crippen molar-refractivity contribution in [3.05, 3.63) is 100 Å². The van der Waals surface area contributed by atoms with E-state index in [0.29, 0.717) is 24.7 Å². The molecule has 0 saturated heterocycles. The number of halogens is 1. The average Bonchev–Trinajstić information content (AvgIpc) is 2.76. The van der Waals surface area contributed by atoms with Crippen LogP contribution < -0.4 is 14.8 Å². The molecule has 0 saturated carbocycles. The molecule has 0 spiro atoms. The van der Waals surface area contributed by atoms with Gasteiger partial charge in [0.2, 0.25) is 0 Å². The van der Waals surface area contributed by atoms with Crippen molar-refractivity contribution in [3.63, 3.8) is 0 Å². The zero-order valence-corrected chi connectivity index (χ0v) is 18.7. The Morgan fingerprint density at radius 2 is 1.70 bits per heavy atom. The van der Waals surface area contributed by atoms with Gasteiger partial charge in [0.05, 0.1) is 11.6 Å². The lowest BCUT2D eigenvalue weighted by molar-refractivity contribution is 0.283. The van der Waals surface area contributed by atoms with Gasteiger partial charge in [-0.1, -0.05) is 54.6 Å². The van der Waals surface area contributed by atoms with Crippen LogP contribution in [0.2, 0.25) is 0 Å². The Labute approximate surface area is 185 Å². The second-order valence-electron chi connectivity index (χ2n) is 7.26. The highest BCUT2D eigenvalue weighted by Crippen LogP contribution is 2.37. The van der Waals surface area contributed by atoms with Gasteiger partial charge in [-0.3, -0.25) is 0 Å². The van der Waals surface area contributed by atoms with Crippen LogP contribution in [0.4, 0.5) is 5.69 Å². The molecule has 4 heteroatoms. The lowest BCUT2D eigenvalue weighted by Gasteiger charge is -2.16. The molecule has 0 fully saturated rings. The summed E-state index contributed by atoms with van der Waals surface area (Å²) in [6.07, 6.45) is 0. The monoisotopic (exact) mass is 461 g/mol. The van der Waals surface area contributed by atoms with Crippen LogP contribution in [0.3, 0.4) is 0 Å². The Morgan fingerprint density at radius 3 is 2.53 bits per heavy atom. The van der Waals surface area contributed by atoms with Gasteiger partial charge < -0.3 is 14.8 Å². The summed E-state index contributed by atoms with van der Waals surface area (Å²) in [7, 11) is 1.67. The highest BCUT2D eigenvalue weighted by Gasteiger charge is 2.13. The van der Waals surface area contributed by atoms with Crippen LogP contribution in [-0.4, -0.2) is 7.11 Å². The number of methoxy groups -OCH3 is 1. The maximum absolute atomic E-state index is 6.19. The van der Waals surface area contributed by atoms with Crippen LogP contribution in [0.25, 0.3) is 10.8 Å². The molecule has 30 heavy (non-hydrogen) atoms. The van der Waals surface area contributed by atoms with E-state index in [2.05, 4.69) is 101 Å². The van der Waals surface area contributed by atoms with Crippen molar-refractivity contribution in [1.29, 1.82) is 0 Å². The predicted molar refractivity (Wildman–Crippen MR) is 127 cm³/mol. The maximum Gasteiger partial charge on any atom is 0.175 e. The fourth-order valence-corrected chi connectivity index (χ4v) is 4.15. The Balaban J connectivity index is 1.52. The van der Waals surface area contributed by atoms with E-state index < -0.39 is 0 Å². The Hall–Kier alpha value is -2.98. The molecule has 0 unspecified atom stereocenters. The van der Waals surface area contributed by atoms with Crippen LogP contribution in [0, 0.1) is 6.92 Å². The third-order valence-electron chi connectivity index (χ3n) is 5.06. The standard InChI is InChI=1S/C26H24BrNO2/c1-18-7-5-11-22(13-18)28-16-19-14-24(27)26(25(15-19)29-2)30-17-21-10-6-9-20-8-3-4-12-23(20)21/h3-15,28H,16-17H2,1-2H3. The van der Waals surface area contributed by atoms with Gasteiger partial charge >= 0.3 is 0 Å². The third kappa shape index (κ3) is 4.60. The topological polar surface area (TPSA) is 30.5 Å². The largest absolute Gasteiger partial charge is 0.493 e. The summed E-state index contributed by atoms with van der Waals surface area (Å²) in [5.74, 6) is 1.43. The number of nitrogens with one attached hydrogen (secondary N) is 1. The molecule has 0 radical (unpaired) electrons. The summed E-state index contributed by atoms with van der Waals surface area (Å²) in [4.78, 5) is 0. The first-order chi connectivity index (χ1) is 14.6. The average molecular weight is 462 g/mol. The molecule has 0 heterocycles. The fraction of sp³-hybridized carbons (Fsp3) is 0.154. The van der Waals surface area contributed by atoms with Gasteiger partial charge in [0.25, 0.3) is 0 Å². The van der Waals surface area contributed by atoms with E-state index in [1.807, 2.05) is 6.07 Å². The molecule has 1 N–H and O–H groups in total. The second kappa shape index (κ2) is 9.23. The molecule has 0 amide bonds. The zero-order valence-electron chi connectivity index (χ0n) is 17.1. The van der Waals surface area contributed by atoms with Crippen molar-refractivity contribution in [3.8, 4) is 11.5 Å². The van der Waals surface area contributed by atoms with Crippen molar-refractivity contribution >= 4 is 32.4 Å². The lowest BCUT2D eigenvalue weighted by atomic mass is 10.1. The second-order valence-corrected chi connectivity index (χ2v) is 8.11. The Bertz CT molecular complexity index is 1170. The van der Waals surface area contributed by atoms with Gasteiger partial charge in [0, 0.05) is 12.2 Å². The van der Waals surface area contributed by atoms with Gasteiger partial charge in [-0.15, -0.1) is 0 Å². The van der Waals surface area contributed by atoms with Crippen LogP contribution in [0.1, 0.15) is 16.7 Å². The minimum absolute atomic E-state index is 0.469. The van der Waals surface area contributed by atoms with Crippen molar-refractivity contribution in [2.24, 2.45) is 0 Å². The van der Waals surface area contributed by atoms with E-state index in [1.165, 1.54) is 16.3 Å². The first-order valence-electron chi connectivity index (χ1n) is 9.90. The SMILES string of the molecule is COc1cc(CNc2cccc(C)c2)cc(Br)c1OCc1cccc2ccccc12. The van der Waals surface area contributed by atoms with Gasteiger partial charge in [0.15, 0.2) is 11.5 Å². The maximum atomic E-state index is 6.19. The highest BCUT2D eigenvalue weighted by atomic mass is 79.9. The first-order valence-corrected chi connectivity index (χ1v) is 10.7. The summed E-state index contributed by atoms with van der Waals surface area (Å²) < 4.78 is 12.7. The van der Waals surface area contributed by atoms with E-state index in [0.717, 1.165) is 21.3 Å². The number of hydrogen-bond acceptors (Lipinski definition) is 3. The number of benzene rings is 4. The van der Waals surface area contributed by atoms with Gasteiger partial charge in [-0.05, 0) is 74.6 Å². The molecule has 0 bridgehead atoms. The molecule has 0 aliphatic heterocycles. The summed E-state index contributed by atoms with van der Waals surface area (Å²) in [6, 6.07) is 27.1. The summed E-state index contributed by atoms with van der Waals surface area (Å²) in [5.41, 5.74) is 4.59. The minimum atomic E-state index is 0.469. The normalized spacial score (nSPS) is 10.8. The van der Waals surface area contributed by atoms with Crippen molar-refractivity contribution < 1.29 is 9.47 Å². The Kier molecular flexibility index (Phi) is 6.24. The van der Waals surface area contributed by atoms with Crippen molar-refractivity contribution in [2.75, 3.05) is 12.4 Å². The molecule has 0 atom stereocenters. The molecular weight excluding hydrogens is 438 g/mol. The van der Waals surface area contributed by atoms with Crippen LogP contribution in [0.5, 0.6) is 11.5 Å². The molecule has 152 valence electrons. The number of rotatable bonds is 7. The molecule has 4 rings (SSSR count). The number of fused-ring (bicyclic) bond motifs is 1. The van der Waals surface area contributed by atoms with Crippen LogP contribution in [-0.2, 0) is 13.2 Å². The molecule has 0 aliphatic rings. The minimum Gasteiger partial charge on any atom is -0.493 e. The number of aryl methyl sites for hydroxylation is 1. The molecular formula is C26H24BrNO2. The summed E-state index contributed by atoms with van der Waals surface area (Å²) in [5, 5.41) is 5.87. The molecule has 0 aliphatic carbocycles. The summed E-state index contributed by atoms with van der Waals surface area (Å²) >= 11 is 3.67. The molecule has 4 aromatic carbocycles. The smallest absolute Gasteiger partial charge is 0.175 e. The fourth-order valence-electron chi connectivity index (χ4n) is 3.54. The molecule has 4 aromatic rings. The van der Waals surface area contributed by atoms with E-state index in [1.54, 1.807) is 7.11 Å². The van der Waals surface area contributed by atoms with Crippen molar-refractivity contribution in [1.82, 2.24) is 0 Å². The highest BCUT2D eigenvalue weighted by molar-refractivity contribution is 9.10. The summed E-state index contributed by atoms with van der Waals surface area (Å²) in [6.45, 7) is 3.26. The molecule has 3 nitrogen and oxygen atoms in total. The third-order valence-corrected chi connectivity index (χ3v) is 5.64. The number of ether oxygens (including phenoxy) is 2. The number of hydrogen-bond donors (Lipinski definition) is 1. The van der Waals surface area contributed by atoms with Gasteiger partial charge in [0.1, 0.15) is 6.61 Å². The van der Waals surface area contributed by atoms with E-state index in [4.69, 9.17) is 9.47 Å². The van der Waals surface area contributed by atoms with Crippen LogP contribution in [0.15, 0.2) is 83.3 Å². The Morgan fingerprint density at radius 1 is 0.900 bits per heavy atom. The predicted octanol–water partition coefficient (Wildman–Crippen LogP) is 7.11. The van der Waals surface area contributed by atoms with E-state index >= 15 is 0 Å². The van der Waals surface area contributed by atoms with Gasteiger partial charge in [-0.25, -0.2) is 0 Å². The quantitative estimate of drug-likeness (QED) is 0.318. The number of anilines is 1. The van der Waals surface area contributed by atoms with E-state index in [9.17, 15) is 0 Å². The van der Waals surface area contributed by atoms with Crippen molar-refractivity contribution in [2.45, 2.75) is 20.1 Å². The van der Waals surface area contributed by atoms with Crippen LogP contribution >= 0.6 is 15.9 Å². The molecule has 0 aromatic heterocycles. The van der Waals surface area contributed by atoms with E-state index in [-0.39, 0.29) is 0 Å². The van der Waals surface area contributed by atoms with Gasteiger partial charge in [-0.2, -0.15) is 0 Å².